The number of hydrogen-bond acceptors (Lipinski definition) is 7. The zero-order valence-electron chi connectivity index (χ0n) is 21.8. The molecule has 4 heterocycles. The van der Waals surface area contributed by atoms with E-state index in [2.05, 4.69) is 27.2 Å². The highest BCUT2D eigenvalue weighted by Crippen LogP contribution is 2.46. The van der Waals surface area contributed by atoms with Crippen molar-refractivity contribution in [3.05, 3.63) is 48.3 Å². The fraction of sp³-hybridized carbons (Fsp3) is 0.370. The minimum atomic E-state index is -2.84. The number of halogens is 2. The van der Waals surface area contributed by atoms with Crippen molar-refractivity contribution in [1.29, 1.82) is 0 Å². The Labute approximate surface area is 228 Å². The predicted molar refractivity (Wildman–Crippen MR) is 142 cm³/mol. The summed E-state index contributed by atoms with van der Waals surface area (Å²) in [6.07, 6.45) is 1.80. The quantitative estimate of drug-likeness (QED) is 0.440. The molecule has 1 unspecified atom stereocenters. The summed E-state index contributed by atoms with van der Waals surface area (Å²) in [5.41, 5.74) is 0.728. The van der Waals surface area contributed by atoms with Crippen molar-refractivity contribution >= 4 is 40.4 Å². The number of pyridine rings is 1. The number of carbonyl (C=O) groups is 3. The Morgan fingerprint density at radius 2 is 1.93 bits per heavy atom. The maximum absolute atomic E-state index is 13.3. The summed E-state index contributed by atoms with van der Waals surface area (Å²) >= 11 is 0. The third kappa shape index (κ3) is 5.31. The molecule has 13 heteroatoms. The number of hydrogen-bond donors (Lipinski definition) is 2. The molecule has 3 amide bonds. The van der Waals surface area contributed by atoms with Gasteiger partial charge in [0.2, 0.25) is 17.8 Å². The van der Waals surface area contributed by atoms with Crippen LogP contribution in [0.5, 0.6) is 11.5 Å². The molecule has 0 spiro atoms. The van der Waals surface area contributed by atoms with Gasteiger partial charge in [-0.3, -0.25) is 24.7 Å². The Kier molecular flexibility index (Phi) is 7.63. The summed E-state index contributed by atoms with van der Waals surface area (Å²) < 4.78 is 40.2. The highest BCUT2D eigenvalue weighted by Gasteiger charge is 2.31. The Bertz CT molecular complexity index is 1490. The van der Waals surface area contributed by atoms with E-state index in [1.54, 1.807) is 15.5 Å². The van der Waals surface area contributed by atoms with Crippen LogP contribution >= 0.6 is 0 Å². The van der Waals surface area contributed by atoms with Crippen molar-refractivity contribution in [2.24, 2.45) is 0 Å². The standard InChI is InChI=1S/C27H28F2N6O5/c1-3-21(37)34-9-5-4-6-17(14-34)35-22-18(13-19(31-15(2)36)23-24(22)40-11-10-39-23)32-27(35)33-26(38)16-7-8-30-20(12-16)25(28)29/h3,7-8,12-13,17,25H,1,4-6,9-11,14H2,2H3,(H,31,36)(H,32,33,38). The lowest BCUT2D eigenvalue weighted by molar-refractivity contribution is -0.126. The van der Waals surface area contributed by atoms with Crippen LogP contribution in [0.15, 0.2) is 37.1 Å². The Balaban J connectivity index is 1.66. The van der Waals surface area contributed by atoms with Gasteiger partial charge in [-0.15, -0.1) is 0 Å². The Morgan fingerprint density at radius 1 is 1.15 bits per heavy atom. The van der Waals surface area contributed by atoms with E-state index < -0.39 is 18.0 Å². The monoisotopic (exact) mass is 554 g/mol. The van der Waals surface area contributed by atoms with Gasteiger partial charge in [-0.05, 0) is 43.5 Å². The third-order valence-corrected chi connectivity index (χ3v) is 6.76. The van der Waals surface area contributed by atoms with E-state index in [1.165, 1.54) is 19.1 Å². The largest absolute Gasteiger partial charge is 0.484 e. The molecule has 2 aromatic heterocycles. The van der Waals surface area contributed by atoms with Crippen molar-refractivity contribution in [3.63, 3.8) is 0 Å². The van der Waals surface area contributed by atoms with Gasteiger partial charge in [-0.25, -0.2) is 13.8 Å². The molecular formula is C27H28F2N6O5. The number of amides is 3. The first-order valence-corrected chi connectivity index (χ1v) is 12.9. The second-order valence-corrected chi connectivity index (χ2v) is 9.50. The van der Waals surface area contributed by atoms with Crippen molar-refractivity contribution in [3.8, 4) is 11.5 Å². The van der Waals surface area contributed by atoms with E-state index >= 15 is 0 Å². The van der Waals surface area contributed by atoms with Gasteiger partial charge >= 0.3 is 0 Å². The van der Waals surface area contributed by atoms with Crippen molar-refractivity contribution in [2.75, 3.05) is 36.9 Å². The van der Waals surface area contributed by atoms with Gasteiger partial charge in [0.15, 0.2) is 11.5 Å². The zero-order valence-corrected chi connectivity index (χ0v) is 21.8. The van der Waals surface area contributed by atoms with Crippen LogP contribution < -0.4 is 20.1 Å². The van der Waals surface area contributed by atoms with E-state index in [9.17, 15) is 23.2 Å². The number of nitrogens with one attached hydrogen (secondary N) is 2. The average molecular weight is 555 g/mol. The maximum atomic E-state index is 13.3. The summed E-state index contributed by atoms with van der Waals surface area (Å²) in [7, 11) is 0. The molecule has 0 radical (unpaired) electrons. The third-order valence-electron chi connectivity index (χ3n) is 6.76. The molecule has 40 heavy (non-hydrogen) atoms. The average Bonchev–Trinajstić information content (AvgIpc) is 3.12. The van der Waals surface area contributed by atoms with Crippen molar-refractivity contribution in [2.45, 2.75) is 38.7 Å². The minimum Gasteiger partial charge on any atom is -0.484 e. The van der Waals surface area contributed by atoms with Gasteiger partial charge in [0.25, 0.3) is 12.3 Å². The van der Waals surface area contributed by atoms with Gasteiger partial charge in [0.1, 0.15) is 24.4 Å². The number of ether oxygens (including phenoxy) is 2. The van der Waals surface area contributed by atoms with Gasteiger partial charge < -0.3 is 24.3 Å². The van der Waals surface area contributed by atoms with Crippen LogP contribution in [0.2, 0.25) is 0 Å². The number of fused-ring (bicyclic) bond motifs is 3. The lowest BCUT2D eigenvalue weighted by atomic mass is 10.1. The van der Waals surface area contributed by atoms with E-state index in [0.29, 0.717) is 47.7 Å². The fourth-order valence-corrected chi connectivity index (χ4v) is 5.04. The SMILES string of the molecule is C=CC(=O)N1CCCCC(n2c(NC(=O)c3ccnc(C(F)F)c3)nc3cc(NC(C)=O)c4c(c32)OCCO4)C1. The molecule has 0 bridgehead atoms. The molecule has 1 atom stereocenters. The number of nitrogens with zero attached hydrogens (tertiary/aromatic N) is 4. The van der Waals surface area contributed by atoms with E-state index in [-0.39, 0.29) is 42.6 Å². The topological polar surface area (TPSA) is 128 Å². The number of anilines is 2. The summed E-state index contributed by atoms with van der Waals surface area (Å²) in [5, 5.41) is 5.49. The molecule has 11 nitrogen and oxygen atoms in total. The molecule has 2 N–H and O–H groups in total. The van der Waals surface area contributed by atoms with E-state index in [4.69, 9.17) is 9.47 Å². The lowest BCUT2D eigenvalue weighted by Crippen LogP contribution is -2.34. The number of likely N-dealkylation sites (tertiary alicyclic amines) is 1. The molecule has 1 saturated heterocycles. The first-order chi connectivity index (χ1) is 19.3. The fourth-order valence-electron chi connectivity index (χ4n) is 5.04. The number of aromatic nitrogens is 3. The van der Waals surface area contributed by atoms with Crippen LogP contribution in [0.4, 0.5) is 20.4 Å². The highest BCUT2D eigenvalue weighted by molar-refractivity contribution is 6.05. The van der Waals surface area contributed by atoms with Gasteiger partial charge in [0, 0.05) is 31.8 Å². The van der Waals surface area contributed by atoms with Gasteiger partial charge in [-0.1, -0.05) is 6.58 Å². The number of rotatable bonds is 6. The first kappa shape index (κ1) is 27.0. The second-order valence-electron chi connectivity index (χ2n) is 9.50. The first-order valence-electron chi connectivity index (χ1n) is 12.9. The number of alkyl halides is 2. The second kappa shape index (κ2) is 11.3. The smallest absolute Gasteiger partial charge is 0.280 e. The van der Waals surface area contributed by atoms with Crippen molar-refractivity contribution in [1.82, 2.24) is 19.4 Å². The van der Waals surface area contributed by atoms with Crippen LogP contribution in [0.25, 0.3) is 11.0 Å². The lowest BCUT2D eigenvalue weighted by Gasteiger charge is -2.28. The summed E-state index contributed by atoms with van der Waals surface area (Å²) in [4.78, 5) is 47.7. The predicted octanol–water partition coefficient (Wildman–Crippen LogP) is 4.09. The number of carbonyl (C=O) groups excluding carboxylic acids is 3. The van der Waals surface area contributed by atoms with E-state index in [1.807, 2.05) is 0 Å². The maximum Gasteiger partial charge on any atom is 0.280 e. The van der Waals surface area contributed by atoms with Crippen LogP contribution in [-0.4, -0.2) is 63.5 Å². The molecule has 210 valence electrons. The summed E-state index contributed by atoms with van der Waals surface area (Å²) in [6.45, 7) is 6.35. The zero-order chi connectivity index (χ0) is 28.4. The molecule has 2 aliphatic heterocycles. The van der Waals surface area contributed by atoms with Crippen LogP contribution in [0.1, 0.15) is 54.7 Å². The molecule has 0 aliphatic carbocycles. The van der Waals surface area contributed by atoms with Crippen LogP contribution in [0.3, 0.4) is 0 Å². The normalized spacial score (nSPS) is 16.9. The highest BCUT2D eigenvalue weighted by atomic mass is 19.3. The molecule has 0 saturated carbocycles. The molecule has 3 aromatic rings. The Morgan fingerprint density at radius 3 is 2.65 bits per heavy atom. The van der Waals surface area contributed by atoms with Gasteiger partial charge in [-0.2, -0.15) is 0 Å². The Hall–Kier alpha value is -4.55. The molecule has 1 aromatic carbocycles. The van der Waals surface area contributed by atoms with Crippen molar-refractivity contribution < 1.29 is 32.6 Å². The van der Waals surface area contributed by atoms with E-state index in [0.717, 1.165) is 25.1 Å². The summed E-state index contributed by atoms with van der Waals surface area (Å²) in [6, 6.07) is 3.65. The molecule has 1 fully saturated rings. The number of benzene rings is 1. The number of imidazole rings is 1. The molecule has 5 rings (SSSR count). The molecular weight excluding hydrogens is 526 g/mol. The summed E-state index contributed by atoms with van der Waals surface area (Å²) in [5.74, 6) is -0.399. The van der Waals surface area contributed by atoms with Gasteiger partial charge in [0.05, 0.1) is 17.2 Å². The molecule has 2 aliphatic rings. The van der Waals surface area contributed by atoms with Crippen LogP contribution in [0, 0.1) is 0 Å². The van der Waals surface area contributed by atoms with Crippen LogP contribution in [-0.2, 0) is 9.59 Å². The minimum absolute atomic E-state index is 0.0196.